The number of nitrogens with zero attached hydrogens (tertiary/aromatic N) is 1. The van der Waals surface area contributed by atoms with Crippen LogP contribution in [0.5, 0.6) is 0 Å². The van der Waals surface area contributed by atoms with Gasteiger partial charge in [-0.3, -0.25) is 4.79 Å². The van der Waals surface area contributed by atoms with Crippen molar-refractivity contribution in [3.05, 3.63) is 63.1 Å². The molecule has 184 valence electrons. The smallest absolute Gasteiger partial charge is 0.350 e. The van der Waals surface area contributed by atoms with E-state index in [1.54, 1.807) is 12.1 Å². The van der Waals surface area contributed by atoms with Crippen molar-refractivity contribution in [2.24, 2.45) is 0 Å². The molecule has 0 saturated carbocycles. The van der Waals surface area contributed by atoms with Gasteiger partial charge >= 0.3 is 18.4 Å². The van der Waals surface area contributed by atoms with Gasteiger partial charge in [-0.15, -0.1) is 0 Å². The maximum absolute atomic E-state index is 13.1. The summed E-state index contributed by atoms with van der Waals surface area (Å²) >= 11 is 11.9. The van der Waals surface area contributed by atoms with Crippen LogP contribution in [0.25, 0.3) is 0 Å². The molecule has 13 heteroatoms. The Labute approximate surface area is 200 Å². The summed E-state index contributed by atoms with van der Waals surface area (Å²) in [7, 11) is 0. The van der Waals surface area contributed by atoms with Crippen molar-refractivity contribution in [1.29, 1.82) is 0 Å². The first-order valence-corrected chi connectivity index (χ1v) is 10.6. The minimum absolute atomic E-state index is 0.0311. The second kappa shape index (κ2) is 9.91. The molecule has 1 atom stereocenters. The zero-order valence-electron chi connectivity index (χ0n) is 17.2. The molecule has 1 fully saturated rings. The second-order valence-electron chi connectivity index (χ2n) is 7.53. The standard InChI is InChI=1S/C21H17Cl2F6N3O2/c22-14-4-3-11(16(23)9-14)10-30-18(33)17-2-1-5-32(17)19(34)31-15-7-12(20(24,25)26)6-13(8-15)21(27,28)29/h3-4,6-9,17H,1-2,5,10H2,(H,30,33)(H,31,34)/t17-/m0/s1. The van der Waals surface area contributed by atoms with Crippen LogP contribution in [-0.4, -0.2) is 29.4 Å². The number of anilines is 1. The van der Waals surface area contributed by atoms with Crippen LogP contribution in [0.4, 0.5) is 36.8 Å². The predicted octanol–water partition coefficient (Wildman–Crippen LogP) is 6.34. The molecule has 0 aliphatic carbocycles. The van der Waals surface area contributed by atoms with E-state index in [-0.39, 0.29) is 25.6 Å². The van der Waals surface area contributed by atoms with Gasteiger partial charge in [0.05, 0.1) is 11.1 Å². The Bertz CT molecular complexity index is 1060. The summed E-state index contributed by atoms with van der Waals surface area (Å²) in [5.74, 6) is -0.543. The van der Waals surface area contributed by atoms with Crippen molar-refractivity contribution in [2.75, 3.05) is 11.9 Å². The molecule has 2 aromatic rings. The van der Waals surface area contributed by atoms with Crippen molar-refractivity contribution >= 4 is 40.8 Å². The van der Waals surface area contributed by atoms with Crippen LogP contribution >= 0.6 is 23.2 Å². The summed E-state index contributed by atoms with van der Waals surface area (Å²) in [4.78, 5) is 26.4. The highest BCUT2D eigenvalue weighted by molar-refractivity contribution is 6.35. The van der Waals surface area contributed by atoms with Crippen LogP contribution in [0.3, 0.4) is 0 Å². The van der Waals surface area contributed by atoms with Gasteiger partial charge in [-0.25, -0.2) is 4.79 Å². The molecule has 2 N–H and O–H groups in total. The van der Waals surface area contributed by atoms with E-state index in [2.05, 4.69) is 10.6 Å². The average Bonchev–Trinajstić information content (AvgIpc) is 3.21. The third-order valence-corrected chi connectivity index (χ3v) is 5.71. The Morgan fingerprint density at radius 3 is 2.15 bits per heavy atom. The molecule has 5 nitrogen and oxygen atoms in total. The number of urea groups is 1. The molecule has 3 amide bonds. The van der Waals surface area contributed by atoms with Crippen LogP contribution in [0, 0.1) is 0 Å². The first-order valence-electron chi connectivity index (χ1n) is 9.84. The van der Waals surface area contributed by atoms with E-state index in [4.69, 9.17) is 23.2 Å². The number of likely N-dealkylation sites (tertiary alicyclic amines) is 1. The number of carbonyl (C=O) groups excluding carboxylic acids is 2. The first-order chi connectivity index (χ1) is 15.8. The molecule has 0 spiro atoms. The lowest BCUT2D eigenvalue weighted by Gasteiger charge is -2.25. The molecule has 1 aliphatic heterocycles. The number of alkyl halides is 6. The number of carbonyl (C=O) groups is 2. The predicted molar refractivity (Wildman–Crippen MR) is 114 cm³/mol. The Morgan fingerprint density at radius 1 is 0.971 bits per heavy atom. The monoisotopic (exact) mass is 527 g/mol. The van der Waals surface area contributed by atoms with E-state index in [9.17, 15) is 35.9 Å². The third-order valence-electron chi connectivity index (χ3n) is 5.12. The summed E-state index contributed by atoms with van der Waals surface area (Å²) in [5, 5.41) is 5.40. The van der Waals surface area contributed by atoms with Crippen LogP contribution in [-0.2, 0) is 23.7 Å². The highest BCUT2D eigenvalue weighted by Crippen LogP contribution is 2.37. The number of halogens is 8. The van der Waals surface area contributed by atoms with Crippen molar-refractivity contribution in [2.45, 2.75) is 37.8 Å². The van der Waals surface area contributed by atoms with Gasteiger partial charge in [0.1, 0.15) is 6.04 Å². The highest BCUT2D eigenvalue weighted by Gasteiger charge is 2.38. The number of amides is 3. The zero-order chi connectivity index (χ0) is 25.3. The van der Waals surface area contributed by atoms with Crippen LogP contribution < -0.4 is 10.6 Å². The normalized spacial score (nSPS) is 16.5. The lowest BCUT2D eigenvalue weighted by atomic mass is 10.1. The lowest BCUT2D eigenvalue weighted by Crippen LogP contribution is -2.47. The van der Waals surface area contributed by atoms with Crippen molar-refractivity contribution in [1.82, 2.24) is 10.2 Å². The van der Waals surface area contributed by atoms with E-state index >= 15 is 0 Å². The Hall–Kier alpha value is -2.66. The maximum atomic E-state index is 13.1. The zero-order valence-corrected chi connectivity index (χ0v) is 18.7. The highest BCUT2D eigenvalue weighted by atomic mass is 35.5. The molecular weight excluding hydrogens is 511 g/mol. The van der Waals surface area contributed by atoms with Gasteiger partial charge in [0.15, 0.2) is 0 Å². The van der Waals surface area contributed by atoms with Gasteiger partial charge in [-0.05, 0) is 48.7 Å². The summed E-state index contributed by atoms with van der Waals surface area (Å²) in [6.45, 7) is 0.125. The Kier molecular flexibility index (Phi) is 7.56. The van der Waals surface area contributed by atoms with E-state index < -0.39 is 47.1 Å². The second-order valence-corrected chi connectivity index (χ2v) is 8.37. The number of rotatable bonds is 4. The molecule has 34 heavy (non-hydrogen) atoms. The molecule has 0 bridgehead atoms. The van der Waals surface area contributed by atoms with Gasteiger partial charge in [-0.1, -0.05) is 29.3 Å². The average molecular weight is 528 g/mol. The van der Waals surface area contributed by atoms with Crippen molar-refractivity contribution in [3.8, 4) is 0 Å². The number of hydrogen-bond acceptors (Lipinski definition) is 2. The SMILES string of the molecule is O=C(NCc1ccc(Cl)cc1Cl)[C@@H]1CCCN1C(=O)Nc1cc(C(F)(F)F)cc(C(F)(F)F)c1. The minimum Gasteiger partial charge on any atom is -0.350 e. The van der Waals surface area contributed by atoms with Crippen LogP contribution in [0.15, 0.2) is 36.4 Å². The van der Waals surface area contributed by atoms with E-state index in [1.165, 1.54) is 6.07 Å². The van der Waals surface area contributed by atoms with Gasteiger partial charge < -0.3 is 15.5 Å². The molecule has 1 saturated heterocycles. The summed E-state index contributed by atoms with van der Waals surface area (Å²) < 4.78 is 78.3. The van der Waals surface area contributed by atoms with Crippen molar-refractivity contribution in [3.63, 3.8) is 0 Å². The topological polar surface area (TPSA) is 61.4 Å². The van der Waals surface area contributed by atoms with Gasteiger partial charge in [0, 0.05) is 28.8 Å². The number of hydrogen-bond donors (Lipinski definition) is 2. The molecule has 2 aromatic carbocycles. The fourth-order valence-corrected chi connectivity index (χ4v) is 3.95. The van der Waals surface area contributed by atoms with Gasteiger partial charge in [-0.2, -0.15) is 26.3 Å². The molecule has 1 aliphatic rings. The molecule has 3 rings (SSSR count). The first kappa shape index (κ1) is 26.0. The van der Waals surface area contributed by atoms with Gasteiger partial charge in [0.25, 0.3) is 0 Å². The fourth-order valence-electron chi connectivity index (χ4n) is 3.47. The molecule has 1 heterocycles. The largest absolute Gasteiger partial charge is 0.416 e. The van der Waals surface area contributed by atoms with E-state index in [0.717, 1.165) is 4.90 Å². The fraction of sp³-hybridized carbons (Fsp3) is 0.333. The van der Waals surface area contributed by atoms with Crippen LogP contribution in [0.2, 0.25) is 10.0 Å². The quantitative estimate of drug-likeness (QED) is 0.455. The molecular formula is C21H17Cl2F6N3O2. The maximum Gasteiger partial charge on any atom is 0.416 e. The Morgan fingerprint density at radius 2 is 1.59 bits per heavy atom. The molecule has 0 aromatic heterocycles. The van der Waals surface area contributed by atoms with E-state index in [1.807, 2.05) is 0 Å². The lowest BCUT2D eigenvalue weighted by molar-refractivity contribution is -0.143. The van der Waals surface area contributed by atoms with Crippen LogP contribution in [0.1, 0.15) is 29.5 Å². The summed E-state index contributed by atoms with van der Waals surface area (Å²) in [6, 6.07) is 3.49. The van der Waals surface area contributed by atoms with Gasteiger partial charge in [0.2, 0.25) is 5.91 Å². The number of nitrogens with one attached hydrogen (secondary N) is 2. The molecule has 0 unspecified atom stereocenters. The summed E-state index contributed by atoms with van der Waals surface area (Å²) in [6.07, 6.45) is -9.42. The van der Waals surface area contributed by atoms with Crippen molar-refractivity contribution < 1.29 is 35.9 Å². The van der Waals surface area contributed by atoms with E-state index in [0.29, 0.717) is 34.2 Å². The minimum atomic E-state index is -5.06. The number of benzene rings is 2. The summed E-state index contributed by atoms with van der Waals surface area (Å²) in [5.41, 5.74) is -3.25. The molecule has 0 radical (unpaired) electrons. The Balaban J connectivity index is 1.73. The third kappa shape index (κ3) is 6.26.